The Labute approximate surface area is 104 Å². The van der Waals surface area contributed by atoms with Crippen LogP contribution < -0.4 is 0 Å². The van der Waals surface area contributed by atoms with Crippen LogP contribution >= 0.6 is 0 Å². The molecule has 3 heteroatoms. The monoisotopic (exact) mass is 239 g/mol. The number of hydrogen-bond donors (Lipinski definition) is 0. The third kappa shape index (κ3) is 2.02. The van der Waals surface area contributed by atoms with E-state index in [4.69, 9.17) is 4.52 Å². The summed E-state index contributed by atoms with van der Waals surface area (Å²) >= 11 is 0. The molecule has 1 heterocycles. The van der Waals surface area contributed by atoms with Crippen molar-refractivity contribution in [3.8, 4) is 22.6 Å². The highest BCUT2D eigenvalue weighted by molar-refractivity contribution is 5.66. The van der Waals surface area contributed by atoms with E-state index < -0.39 is 0 Å². The van der Waals surface area contributed by atoms with E-state index in [1.807, 2.05) is 36.4 Å². The van der Waals surface area contributed by atoms with Gasteiger partial charge in [-0.25, -0.2) is 4.39 Å². The fourth-order valence-electron chi connectivity index (χ4n) is 1.80. The first-order valence-electron chi connectivity index (χ1n) is 5.61. The standard InChI is InChI=1S/C15H10FNO/c16-13-8-4-7-12(9-13)15-10-14(17-18-15)11-5-2-1-3-6-11/h1-10H. The van der Waals surface area contributed by atoms with Crippen LogP contribution in [0.1, 0.15) is 0 Å². The summed E-state index contributed by atoms with van der Waals surface area (Å²) in [5, 5.41) is 4.00. The lowest BCUT2D eigenvalue weighted by Crippen LogP contribution is -1.76. The lowest BCUT2D eigenvalue weighted by molar-refractivity contribution is 0.434. The minimum absolute atomic E-state index is 0.287. The second-order valence-electron chi connectivity index (χ2n) is 3.95. The Hall–Kier alpha value is -2.42. The summed E-state index contributed by atoms with van der Waals surface area (Å²) in [6, 6.07) is 17.8. The second-order valence-corrected chi connectivity index (χ2v) is 3.95. The molecule has 2 aromatic carbocycles. The van der Waals surface area contributed by atoms with Gasteiger partial charge in [0.25, 0.3) is 0 Å². The van der Waals surface area contributed by atoms with Crippen molar-refractivity contribution in [2.45, 2.75) is 0 Å². The average molecular weight is 239 g/mol. The van der Waals surface area contributed by atoms with Crippen molar-refractivity contribution >= 4 is 0 Å². The lowest BCUT2D eigenvalue weighted by atomic mass is 10.1. The summed E-state index contributed by atoms with van der Waals surface area (Å²) in [5.41, 5.74) is 2.41. The molecule has 0 aliphatic heterocycles. The molecule has 0 saturated heterocycles. The molecule has 0 radical (unpaired) electrons. The summed E-state index contributed by atoms with van der Waals surface area (Å²) in [6.07, 6.45) is 0. The molecule has 0 spiro atoms. The second kappa shape index (κ2) is 4.45. The molecule has 3 aromatic rings. The smallest absolute Gasteiger partial charge is 0.167 e. The largest absolute Gasteiger partial charge is 0.356 e. The molecular formula is C15H10FNO. The molecule has 18 heavy (non-hydrogen) atoms. The van der Waals surface area contributed by atoms with Crippen LogP contribution in [0.2, 0.25) is 0 Å². The zero-order valence-electron chi connectivity index (χ0n) is 9.51. The van der Waals surface area contributed by atoms with Gasteiger partial charge in [-0.05, 0) is 12.1 Å². The molecule has 0 amide bonds. The van der Waals surface area contributed by atoms with Gasteiger partial charge in [0.1, 0.15) is 11.5 Å². The first-order chi connectivity index (χ1) is 8.83. The molecule has 0 unspecified atom stereocenters. The third-order valence-corrected chi connectivity index (χ3v) is 2.69. The third-order valence-electron chi connectivity index (χ3n) is 2.69. The number of aromatic nitrogens is 1. The highest BCUT2D eigenvalue weighted by atomic mass is 19.1. The number of rotatable bonds is 2. The Balaban J connectivity index is 2.00. The van der Waals surface area contributed by atoms with E-state index in [2.05, 4.69) is 5.16 Å². The van der Waals surface area contributed by atoms with Crippen molar-refractivity contribution < 1.29 is 8.91 Å². The van der Waals surface area contributed by atoms with Crippen molar-refractivity contribution in [1.82, 2.24) is 5.16 Å². The van der Waals surface area contributed by atoms with Crippen LogP contribution in [0.3, 0.4) is 0 Å². The Bertz CT molecular complexity index is 661. The van der Waals surface area contributed by atoms with Gasteiger partial charge in [0, 0.05) is 17.2 Å². The van der Waals surface area contributed by atoms with Gasteiger partial charge in [-0.1, -0.05) is 47.6 Å². The van der Waals surface area contributed by atoms with E-state index in [0.29, 0.717) is 11.3 Å². The molecule has 0 aliphatic rings. The normalized spacial score (nSPS) is 10.5. The summed E-state index contributed by atoms with van der Waals surface area (Å²) in [5.74, 6) is 0.276. The van der Waals surface area contributed by atoms with Crippen LogP contribution in [0.4, 0.5) is 4.39 Å². The number of nitrogens with zero attached hydrogens (tertiary/aromatic N) is 1. The van der Waals surface area contributed by atoms with E-state index in [9.17, 15) is 4.39 Å². The molecule has 0 saturated carbocycles. The zero-order chi connectivity index (χ0) is 12.4. The summed E-state index contributed by atoms with van der Waals surface area (Å²) in [7, 11) is 0. The van der Waals surface area contributed by atoms with E-state index in [-0.39, 0.29) is 5.82 Å². The Kier molecular flexibility index (Phi) is 2.65. The fraction of sp³-hybridized carbons (Fsp3) is 0. The molecule has 0 aliphatic carbocycles. The Morgan fingerprint density at radius 3 is 2.39 bits per heavy atom. The van der Waals surface area contributed by atoms with Crippen molar-refractivity contribution in [3.05, 3.63) is 66.5 Å². The highest BCUT2D eigenvalue weighted by Crippen LogP contribution is 2.26. The van der Waals surface area contributed by atoms with E-state index in [1.165, 1.54) is 12.1 Å². The quantitative estimate of drug-likeness (QED) is 0.671. The molecule has 2 nitrogen and oxygen atoms in total. The van der Waals surface area contributed by atoms with E-state index in [0.717, 1.165) is 11.3 Å². The summed E-state index contributed by atoms with van der Waals surface area (Å²) in [4.78, 5) is 0. The van der Waals surface area contributed by atoms with Crippen molar-refractivity contribution in [2.24, 2.45) is 0 Å². The van der Waals surface area contributed by atoms with Crippen molar-refractivity contribution in [2.75, 3.05) is 0 Å². The molecule has 3 rings (SSSR count). The summed E-state index contributed by atoms with van der Waals surface area (Å²) < 4.78 is 18.4. The van der Waals surface area contributed by atoms with Gasteiger partial charge < -0.3 is 4.52 Å². The van der Waals surface area contributed by atoms with Gasteiger partial charge in [0.05, 0.1) is 0 Å². The van der Waals surface area contributed by atoms with Gasteiger partial charge in [-0.3, -0.25) is 0 Å². The van der Waals surface area contributed by atoms with E-state index in [1.54, 1.807) is 12.1 Å². The van der Waals surface area contributed by atoms with Crippen molar-refractivity contribution in [3.63, 3.8) is 0 Å². The minimum atomic E-state index is -0.287. The van der Waals surface area contributed by atoms with Crippen LogP contribution in [0.15, 0.2) is 65.2 Å². The van der Waals surface area contributed by atoms with Gasteiger partial charge in [-0.15, -0.1) is 0 Å². The number of benzene rings is 2. The molecule has 0 atom stereocenters. The van der Waals surface area contributed by atoms with Crippen LogP contribution in [-0.4, -0.2) is 5.16 Å². The predicted molar refractivity (Wildman–Crippen MR) is 67.3 cm³/mol. The number of hydrogen-bond acceptors (Lipinski definition) is 2. The molecule has 0 N–H and O–H groups in total. The van der Waals surface area contributed by atoms with Gasteiger partial charge in [0.2, 0.25) is 0 Å². The highest BCUT2D eigenvalue weighted by Gasteiger charge is 2.08. The molecule has 88 valence electrons. The fourth-order valence-corrected chi connectivity index (χ4v) is 1.80. The van der Waals surface area contributed by atoms with E-state index >= 15 is 0 Å². The Morgan fingerprint density at radius 2 is 1.61 bits per heavy atom. The van der Waals surface area contributed by atoms with Gasteiger partial charge in [-0.2, -0.15) is 0 Å². The number of halogens is 1. The average Bonchev–Trinajstić information content (AvgIpc) is 2.89. The predicted octanol–water partition coefficient (Wildman–Crippen LogP) is 4.15. The van der Waals surface area contributed by atoms with Crippen LogP contribution in [-0.2, 0) is 0 Å². The maximum atomic E-state index is 13.1. The Morgan fingerprint density at radius 1 is 0.833 bits per heavy atom. The molecule has 1 aromatic heterocycles. The molecule has 0 bridgehead atoms. The first kappa shape index (κ1) is 10.7. The maximum absolute atomic E-state index is 13.1. The lowest BCUT2D eigenvalue weighted by Gasteiger charge is -1.94. The topological polar surface area (TPSA) is 26.0 Å². The minimum Gasteiger partial charge on any atom is -0.356 e. The van der Waals surface area contributed by atoms with Gasteiger partial charge in [0.15, 0.2) is 5.76 Å². The van der Waals surface area contributed by atoms with Crippen LogP contribution in [0.25, 0.3) is 22.6 Å². The summed E-state index contributed by atoms with van der Waals surface area (Å²) in [6.45, 7) is 0. The SMILES string of the molecule is Fc1cccc(-c2cc(-c3ccccc3)no2)c1. The molecule has 0 fully saturated rings. The maximum Gasteiger partial charge on any atom is 0.167 e. The van der Waals surface area contributed by atoms with Crippen LogP contribution in [0, 0.1) is 5.82 Å². The zero-order valence-corrected chi connectivity index (χ0v) is 9.51. The van der Waals surface area contributed by atoms with Crippen LogP contribution in [0.5, 0.6) is 0 Å². The first-order valence-corrected chi connectivity index (χ1v) is 5.61. The molecular weight excluding hydrogens is 229 g/mol. The van der Waals surface area contributed by atoms with Crippen molar-refractivity contribution in [1.29, 1.82) is 0 Å². The van der Waals surface area contributed by atoms with Gasteiger partial charge >= 0.3 is 0 Å².